The van der Waals surface area contributed by atoms with Crippen molar-refractivity contribution in [2.24, 2.45) is 7.05 Å². The molecule has 1 aliphatic rings. The molecule has 0 amide bonds. The number of nitrogens with one attached hydrogen (secondary N) is 2. The van der Waals surface area contributed by atoms with E-state index < -0.39 is 0 Å². The number of aromatic nitrogens is 4. The molecule has 0 radical (unpaired) electrons. The molecule has 1 saturated heterocycles. The lowest BCUT2D eigenvalue weighted by Gasteiger charge is -2.24. The molecule has 0 bridgehead atoms. The van der Waals surface area contributed by atoms with Crippen molar-refractivity contribution >= 4 is 34.4 Å². The summed E-state index contributed by atoms with van der Waals surface area (Å²) in [5.74, 6) is 0. The van der Waals surface area contributed by atoms with Gasteiger partial charge in [-0.1, -0.05) is 17.7 Å². The van der Waals surface area contributed by atoms with Gasteiger partial charge in [0.25, 0.3) is 0 Å². The van der Waals surface area contributed by atoms with Gasteiger partial charge in [-0.25, -0.2) is 0 Å². The topological polar surface area (TPSA) is 97.5 Å². The summed E-state index contributed by atoms with van der Waals surface area (Å²) in [5, 5.41) is 22.7. The molecule has 1 fully saturated rings. The van der Waals surface area contributed by atoms with Crippen molar-refractivity contribution in [1.29, 1.82) is 5.41 Å². The number of aryl methyl sites for hydroxylation is 2. The van der Waals surface area contributed by atoms with E-state index in [1.165, 1.54) is 6.21 Å². The van der Waals surface area contributed by atoms with Crippen LogP contribution in [-0.4, -0.2) is 38.9 Å². The fourth-order valence-electron chi connectivity index (χ4n) is 4.97. The summed E-state index contributed by atoms with van der Waals surface area (Å²) in [5.41, 5.74) is 14.1. The first kappa shape index (κ1) is 21.7. The maximum Gasteiger partial charge on any atom is 0.101 e. The predicted octanol–water partition coefficient (Wildman–Crippen LogP) is 4.88. The molecule has 7 nitrogen and oxygen atoms in total. The summed E-state index contributed by atoms with van der Waals surface area (Å²) in [6, 6.07) is 8.42. The van der Waals surface area contributed by atoms with E-state index in [0.29, 0.717) is 22.3 Å². The molecule has 170 valence electrons. The van der Waals surface area contributed by atoms with Crippen molar-refractivity contribution in [2.75, 3.05) is 18.8 Å². The number of nitrogens with zero attached hydrogens (tertiary/aromatic N) is 4. The van der Waals surface area contributed by atoms with Crippen molar-refractivity contribution in [3.63, 3.8) is 0 Å². The van der Waals surface area contributed by atoms with Crippen LogP contribution in [0.15, 0.2) is 30.5 Å². The molecule has 0 spiro atoms. The minimum absolute atomic E-state index is 0.310. The minimum Gasteiger partial charge on any atom is -0.398 e. The standard InChI is InChI=1S/C25H28ClN7/c1-14-10-20(28)19(12-27)23(24(14)26)22-15(2)33(18-6-8-29-9-7-18)31-25(22)16-4-5-21-17(11-16)13-30-32(21)3/h4-5,10-13,18,27,29H,6-9,28H2,1-3H3. The quantitative estimate of drug-likeness (QED) is 0.298. The van der Waals surface area contributed by atoms with Crippen LogP contribution >= 0.6 is 11.6 Å². The van der Waals surface area contributed by atoms with E-state index in [2.05, 4.69) is 40.2 Å². The van der Waals surface area contributed by atoms with Crippen molar-refractivity contribution in [3.8, 4) is 22.4 Å². The average Bonchev–Trinajstić information content (AvgIpc) is 3.36. The Morgan fingerprint density at radius 1 is 1.18 bits per heavy atom. The highest BCUT2D eigenvalue weighted by Gasteiger charge is 2.27. The lowest BCUT2D eigenvalue weighted by atomic mass is 9.92. The molecular weight excluding hydrogens is 434 g/mol. The Labute approximate surface area is 198 Å². The van der Waals surface area contributed by atoms with Crippen LogP contribution in [0.1, 0.15) is 35.7 Å². The molecule has 33 heavy (non-hydrogen) atoms. The van der Waals surface area contributed by atoms with Crippen LogP contribution in [0.5, 0.6) is 0 Å². The van der Waals surface area contributed by atoms with Crippen LogP contribution in [0.3, 0.4) is 0 Å². The zero-order chi connectivity index (χ0) is 23.3. The molecule has 5 rings (SSSR count). The van der Waals surface area contributed by atoms with Gasteiger partial charge in [-0.05, 0) is 63.5 Å². The molecule has 2 aromatic heterocycles. The van der Waals surface area contributed by atoms with E-state index in [0.717, 1.165) is 70.5 Å². The van der Waals surface area contributed by atoms with Gasteiger partial charge in [0.05, 0.1) is 22.8 Å². The van der Waals surface area contributed by atoms with Crippen molar-refractivity contribution in [1.82, 2.24) is 24.9 Å². The van der Waals surface area contributed by atoms with Crippen LogP contribution in [-0.2, 0) is 7.05 Å². The van der Waals surface area contributed by atoms with Crippen LogP contribution in [0, 0.1) is 19.3 Å². The van der Waals surface area contributed by atoms with E-state index in [-0.39, 0.29) is 0 Å². The molecule has 8 heteroatoms. The smallest absolute Gasteiger partial charge is 0.101 e. The SMILES string of the molecule is Cc1cc(N)c(C=N)c(-c2c(-c3ccc4c(cnn4C)c3)nn(C3CCNCC3)c2C)c1Cl. The Hall–Kier alpha value is -3.16. The maximum atomic E-state index is 8.09. The monoisotopic (exact) mass is 461 g/mol. The normalized spacial score (nSPS) is 14.8. The number of piperidine rings is 1. The summed E-state index contributed by atoms with van der Waals surface area (Å²) >= 11 is 6.89. The first-order valence-electron chi connectivity index (χ1n) is 11.2. The van der Waals surface area contributed by atoms with Gasteiger partial charge in [-0.3, -0.25) is 9.36 Å². The Bertz CT molecular complexity index is 1380. The Morgan fingerprint density at radius 2 is 1.94 bits per heavy atom. The van der Waals surface area contributed by atoms with Gasteiger partial charge in [-0.15, -0.1) is 0 Å². The third kappa shape index (κ3) is 3.52. The second kappa shape index (κ2) is 8.32. The third-order valence-electron chi connectivity index (χ3n) is 6.74. The zero-order valence-electron chi connectivity index (χ0n) is 19.1. The fraction of sp³-hybridized carbons (Fsp3) is 0.320. The minimum atomic E-state index is 0.310. The van der Waals surface area contributed by atoms with Crippen LogP contribution < -0.4 is 11.1 Å². The fourth-order valence-corrected chi connectivity index (χ4v) is 5.22. The highest BCUT2D eigenvalue weighted by Crippen LogP contribution is 2.44. The van der Waals surface area contributed by atoms with Crippen molar-refractivity contribution < 1.29 is 0 Å². The highest BCUT2D eigenvalue weighted by atomic mass is 35.5. The number of rotatable bonds is 4. The summed E-state index contributed by atoms with van der Waals surface area (Å²) in [6.45, 7) is 5.99. The highest BCUT2D eigenvalue weighted by molar-refractivity contribution is 6.35. The summed E-state index contributed by atoms with van der Waals surface area (Å²) in [4.78, 5) is 0. The molecule has 4 aromatic rings. The molecular formula is C25H28ClN7. The first-order valence-corrected chi connectivity index (χ1v) is 11.6. The van der Waals surface area contributed by atoms with Gasteiger partial charge in [0.2, 0.25) is 0 Å². The second-order valence-electron chi connectivity index (χ2n) is 8.81. The van der Waals surface area contributed by atoms with E-state index in [4.69, 9.17) is 27.8 Å². The molecule has 2 aromatic carbocycles. The van der Waals surface area contributed by atoms with Crippen molar-refractivity contribution in [3.05, 3.63) is 52.3 Å². The van der Waals surface area contributed by atoms with Gasteiger partial charge in [0.15, 0.2) is 0 Å². The number of hydrogen-bond acceptors (Lipinski definition) is 5. The third-order valence-corrected chi connectivity index (χ3v) is 7.22. The van der Waals surface area contributed by atoms with Crippen LogP contribution in [0.25, 0.3) is 33.3 Å². The van der Waals surface area contributed by atoms with E-state index >= 15 is 0 Å². The van der Waals surface area contributed by atoms with E-state index in [1.54, 1.807) is 0 Å². The maximum absolute atomic E-state index is 8.09. The van der Waals surface area contributed by atoms with Crippen LogP contribution in [0.4, 0.5) is 5.69 Å². The number of nitrogens with two attached hydrogens (primary N) is 1. The number of anilines is 1. The van der Waals surface area contributed by atoms with Gasteiger partial charge >= 0.3 is 0 Å². The second-order valence-corrected chi connectivity index (χ2v) is 9.18. The lowest BCUT2D eigenvalue weighted by Crippen LogP contribution is -2.30. The lowest BCUT2D eigenvalue weighted by molar-refractivity contribution is 0.339. The van der Waals surface area contributed by atoms with Gasteiger partial charge in [0, 0.05) is 52.3 Å². The number of halogens is 1. The number of hydrogen-bond donors (Lipinski definition) is 3. The van der Waals surface area contributed by atoms with Gasteiger partial charge in [0.1, 0.15) is 5.69 Å². The Balaban J connectivity index is 1.81. The first-order chi connectivity index (χ1) is 15.9. The predicted molar refractivity (Wildman–Crippen MR) is 135 cm³/mol. The number of benzene rings is 2. The summed E-state index contributed by atoms with van der Waals surface area (Å²) in [6.07, 6.45) is 5.20. The molecule has 0 atom stereocenters. The molecule has 3 heterocycles. The molecule has 1 aliphatic heterocycles. The largest absolute Gasteiger partial charge is 0.398 e. The molecule has 0 saturated carbocycles. The van der Waals surface area contributed by atoms with E-state index in [9.17, 15) is 0 Å². The van der Waals surface area contributed by atoms with Gasteiger partial charge in [-0.2, -0.15) is 10.2 Å². The summed E-state index contributed by atoms with van der Waals surface area (Å²) in [7, 11) is 1.94. The summed E-state index contributed by atoms with van der Waals surface area (Å²) < 4.78 is 4.02. The molecule has 0 aliphatic carbocycles. The molecule has 4 N–H and O–H groups in total. The molecule has 0 unspecified atom stereocenters. The van der Waals surface area contributed by atoms with E-state index in [1.807, 2.05) is 30.9 Å². The van der Waals surface area contributed by atoms with Crippen molar-refractivity contribution in [2.45, 2.75) is 32.7 Å². The number of nitrogen functional groups attached to an aromatic ring is 1. The average molecular weight is 462 g/mol. The Kier molecular flexibility index (Phi) is 5.46. The Morgan fingerprint density at radius 3 is 2.67 bits per heavy atom. The zero-order valence-corrected chi connectivity index (χ0v) is 19.9. The van der Waals surface area contributed by atoms with Crippen LogP contribution in [0.2, 0.25) is 5.02 Å². The number of fused-ring (bicyclic) bond motifs is 1. The van der Waals surface area contributed by atoms with Gasteiger partial charge < -0.3 is 16.5 Å².